The minimum absolute atomic E-state index is 0.158. The quantitative estimate of drug-likeness (QED) is 0.0558. The van der Waals surface area contributed by atoms with Gasteiger partial charge in [-0.2, -0.15) is 0 Å². The van der Waals surface area contributed by atoms with E-state index in [-0.39, 0.29) is 35.5 Å². The Morgan fingerprint density at radius 2 is 1.12 bits per heavy atom. The number of carbonyl (C=O) groups is 4. The lowest BCUT2D eigenvalue weighted by Gasteiger charge is -2.23. The first-order valence-corrected chi connectivity index (χ1v) is 23.8. The molecule has 2 saturated heterocycles. The van der Waals surface area contributed by atoms with Crippen LogP contribution in [0.3, 0.4) is 0 Å². The molecule has 0 spiro atoms. The van der Waals surface area contributed by atoms with Crippen LogP contribution >= 0.6 is 46.4 Å². The number of aromatic amines is 2. The Balaban J connectivity index is 0.000000212. The summed E-state index contributed by atoms with van der Waals surface area (Å²) >= 11 is 21.7. The number of hydrogen-bond acceptors (Lipinski definition) is 9. The van der Waals surface area contributed by atoms with Crippen molar-refractivity contribution in [3.05, 3.63) is 176 Å². The number of carbonyl (C=O) groups excluding carboxylic acids is 4. The van der Waals surface area contributed by atoms with Gasteiger partial charge in [0.05, 0.1) is 5.34 Å². The number of nitrogens with two attached hydrogens (primary N) is 2. The fourth-order valence-electron chi connectivity index (χ4n) is 8.22. The number of amides is 4. The highest BCUT2D eigenvalue weighted by Gasteiger charge is 2.36. The van der Waals surface area contributed by atoms with Gasteiger partial charge < -0.3 is 47.0 Å². The highest BCUT2D eigenvalue weighted by Crippen LogP contribution is 2.26. The molecule has 6 heterocycles. The number of rotatable bonds is 14. The molecule has 0 saturated carbocycles. The summed E-state index contributed by atoms with van der Waals surface area (Å²) in [6, 6.07) is 20.6. The Morgan fingerprint density at radius 3 is 1.62 bits per heavy atom. The second kappa shape index (κ2) is 25.5. The van der Waals surface area contributed by atoms with E-state index in [1.165, 1.54) is 0 Å². The summed E-state index contributed by atoms with van der Waals surface area (Å²) in [5.74, 6) is -0.810. The van der Waals surface area contributed by atoms with Gasteiger partial charge in [0.2, 0.25) is 11.8 Å². The first-order valence-electron chi connectivity index (χ1n) is 22.0. The number of hydrogen-bond donors (Lipinski definition) is 7. The first kappa shape index (κ1) is 51.6. The zero-order chi connectivity index (χ0) is 48.6. The van der Waals surface area contributed by atoms with Crippen LogP contribution in [0.2, 0.25) is 10.0 Å². The summed E-state index contributed by atoms with van der Waals surface area (Å²) < 4.78 is 0. The zero-order valence-corrected chi connectivity index (χ0v) is 40.2. The lowest BCUT2D eigenvalue weighted by atomic mass is 10.1. The van der Waals surface area contributed by atoms with Crippen LogP contribution in [0, 0.1) is 0 Å². The van der Waals surface area contributed by atoms with E-state index < -0.39 is 18.2 Å². The Bertz CT molecular complexity index is 2610. The topological polar surface area (TPSA) is 228 Å². The number of nitrogens with one attached hydrogen (secondary N) is 4. The van der Waals surface area contributed by atoms with Crippen molar-refractivity contribution in [3.63, 3.8) is 0 Å². The molecule has 4 aromatic heterocycles. The highest BCUT2D eigenvalue weighted by atomic mass is 35.5. The molecule has 0 bridgehead atoms. The highest BCUT2D eigenvalue weighted by molar-refractivity contribution is 6.40. The van der Waals surface area contributed by atoms with Gasteiger partial charge in [-0.3, -0.25) is 29.1 Å². The van der Waals surface area contributed by atoms with Crippen molar-refractivity contribution in [2.75, 3.05) is 18.4 Å². The number of H-pyrrole nitrogens is 2. The lowest BCUT2D eigenvalue weighted by Crippen LogP contribution is -2.45. The van der Waals surface area contributed by atoms with Crippen molar-refractivity contribution in [1.29, 1.82) is 0 Å². The molecule has 0 aliphatic carbocycles. The summed E-state index contributed by atoms with van der Waals surface area (Å²) in [5, 5.41) is 17.8. The molecular formula is C49H54Cl4N10O5. The zero-order valence-electron chi connectivity index (χ0n) is 37.1. The van der Waals surface area contributed by atoms with Crippen LogP contribution in [0.5, 0.6) is 0 Å². The molecule has 4 amide bonds. The molecular weight excluding hydrogens is 950 g/mol. The number of nitrogens with zero attached hydrogens (tertiary/aromatic N) is 4. The molecule has 3 atom stereocenters. The largest absolute Gasteiger partial charge is 0.384 e. The predicted molar refractivity (Wildman–Crippen MR) is 264 cm³/mol. The molecule has 19 heteroatoms. The molecule has 0 radical (unpaired) electrons. The number of aliphatic hydroxyl groups is 1. The number of pyridine rings is 2. The second-order valence-electron chi connectivity index (χ2n) is 16.1. The molecule has 9 N–H and O–H groups in total. The van der Waals surface area contributed by atoms with Gasteiger partial charge in [0.1, 0.15) is 29.6 Å². The van der Waals surface area contributed by atoms with Gasteiger partial charge in [0.15, 0.2) is 0 Å². The van der Waals surface area contributed by atoms with Crippen LogP contribution in [-0.4, -0.2) is 89.0 Å². The molecule has 8 rings (SSSR count). The Kier molecular flexibility index (Phi) is 19.4. The van der Waals surface area contributed by atoms with E-state index in [9.17, 15) is 24.3 Å². The molecule has 2 aromatic carbocycles. The van der Waals surface area contributed by atoms with Gasteiger partial charge in [-0.15, -0.1) is 23.2 Å². The lowest BCUT2D eigenvalue weighted by molar-refractivity contribution is -0.125. The first-order chi connectivity index (χ1) is 32.9. The minimum Gasteiger partial charge on any atom is -0.384 e. The average Bonchev–Trinajstić information content (AvgIpc) is 4.22. The molecule has 2 fully saturated rings. The summed E-state index contributed by atoms with van der Waals surface area (Å²) in [7, 11) is 0. The number of aliphatic hydroxyl groups excluding tert-OH is 1. The van der Waals surface area contributed by atoms with Crippen LogP contribution in [0.25, 0.3) is 0 Å². The van der Waals surface area contributed by atoms with Crippen molar-refractivity contribution in [3.8, 4) is 0 Å². The van der Waals surface area contributed by atoms with E-state index in [0.29, 0.717) is 84.5 Å². The third-order valence-electron chi connectivity index (χ3n) is 11.7. The average molecular weight is 1000 g/mol. The van der Waals surface area contributed by atoms with E-state index in [0.717, 1.165) is 46.2 Å². The fourth-order valence-corrected chi connectivity index (χ4v) is 8.61. The Hall–Kier alpha value is -5.78. The van der Waals surface area contributed by atoms with E-state index in [1.54, 1.807) is 77.2 Å². The summed E-state index contributed by atoms with van der Waals surface area (Å²) in [6.45, 7) is 2.37. The number of halogens is 4. The number of aromatic nitrogens is 4. The van der Waals surface area contributed by atoms with Crippen molar-refractivity contribution >= 4 is 70.0 Å². The third-order valence-corrected chi connectivity index (χ3v) is 12.2. The number of alkyl halides is 2. The molecule has 6 aromatic rings. The molecule has 358 valence electrons. The predicted octanol–water partition coefficient (Wildman–Crippen LogP) is 6.98. The van der Waals surface area contributed by atoms with Gasteiger partial charge in [-0.1, -0.05) is 35.3 Å². The van der Waals surface area contributed by atoms with Gasteiger partial charge >= 0.3 is 0 Å². The van der Waals surface area contributed by atoms with Crippen molar-refractivity contribution in [2.24, 2.45) is 11.5 Å². The van der Waals surface area contributed by atoms with Gasteiger partial charge in [0.25, 0.3) is 11.8 Å². The SMILES string of the molecule is ClCCl.NCc1ccc(Cl)cc1CNC(=O)[C@@H]1CCCN1C(=O)c1cc(C(O)c2ccncc2)c[nH]1.NCc1ccc(Cl)cc1CNC(=O)[C@@H]1CCCN1C(=O)c1cc(Cc2ccncc2)c[nH]1. The minimum atomic E-state index is -0.877. The molecule has 15 nitrogen and oxygen atoms in total. The maximum Gasteiger partial charge on any atom is 0.270 e. The summed E-state index contributed by atoms with van der Waals surface area (Å²) in [6.07, 6.45) is 12.7. The van der Waals surface area contributed by atoms with Crippen LogP contribution in [0.15, 0.2) is 110 Å². The Labute approximate surface area is 414 Å². The van der Waals surface area contributed by atoms with Crippen LogP contribution in [0.4, 0.5) is 0 Å². The molecule has 2 aliphatic rings. The molecule has 2 aliphatic heterocycles. The van der Waals surface area contributed by atoms with Crippen LogP contribution < -0.4 is 22.1 Å². The third kappa shape index (κ3) is 13.7. The van der Waals surface area contributed by atoms with Crippen LogP contribution in [0.1, 0.15) is 97.3 Å². The van der Waals surface area contributed by atoms with Gasteiger partial charge in [0, 0.05) is 92.1 Å². The second-order valence-corrected chi connectivity index (χ2v) is 17.7. The Morgan fingerprint density at radius 1 is 0.647 bits per heavy atom. The monoisotopic (exact) mass is 1000 g/mol. The van der Waals surface area contributed by atoms with E-state index in [1.807, 2.05) is 42.6 Å². The van der Waals surface area contributed by atoms with Crippen molar-refractivity contribution in [1.82, 2.24) is 40.4 Å². The summed E-state index contributed by atoms with van der Waals surface area (Å²) in [5.41, 5.74) is 19.4. The standard InChI is InChI=1S/C24H26ClN5O3.C24H26ClN5O2.CH2Cl2/c25-19-4-3-16(12-26)17(10-19)13-29-23(32)21-2-1-9-30(21)24(33)20-11-18(14-28-20)22(31)15-5-7-27-8-6-15;25-20-4-3-18(13-26)19(12-20)15-29-23(31)22-2-1-9-30(22)24(32)21-11-17(14-28-21)10-16-5-7-27-8-6-16;2-1-3/h3-8,10-11,14,21-22,28,31H,1-2,9,12-13,26H2,(H,29,32);3-8,11-12,14,22,28H,1-2,9-10,13,15,26H2,(H,29,31);1H2/t21-,22?;22-;/m00./s1. The normalized spacial score (nSPS) is 15.7. The van der Waals surface area contributed by atoms with E-state index in [4.69, 9.17) is 57.9 Å². The summed E-state index contributed by atoms with van der Waals surface area (Å²) in [4.78, 5) is 69.3. The van der Waals surface area contributed by atoms with Gasteiger partial charge in [-0.05, 0) is 132 Å². The molecule has 68 heavy (non-hydrogen) atoms. The maximum atomic E-state index is 13.1. The van der Waals surface area contributed by atoms with Gasteiger partial charge in [-0.25, -0.2) is 0 Å². The number of benzene rings is 2. The maximum absolute atomic E-state index is 13.1. The van der Waals surface area contributed by atoms with Crippen molar-refractivity contribution in [2.45, 2.75) is 76.5 Å². The van der Waals surface area contributed by atoms with E-state index in [2.05, 4.69) is 30.6 Å². The number of likely N-dealkylation sites (tertiary alicyclic amines) is 2. The smallest absolute Gasteiger partial charge is 0.270 e. The fraction of sp³-hybridized carbons (Fsp3) is 0.306. The van der Waals surface area contributed by atoms with Crippen molar-refractivity contribution < 1.29 is 24.3 Å². The molecule has 1 unspecified atom stereocenters. The van der Waals surface area contributed by atoms with E-state index >= 15 is 0 Å². The van der Waals surface area contributed by atoms with Crippen LogP contribution in [-0.2, 0) is 42.2 Å².